The van der Waals surface area contributed by atoms with Crippen LogP contribution in [0, 0.1) is 0 Å². The van der Waals surface area contributed by atoms with Crippen molar-refractivity contribution in [3.63, 3.8) is 0 Å². The number of anilines is 2. The fourth-order valence-corrected chi connectivity index (χ4v) is 2.93. The lowest BCUT2D eigenvalue weighted by molar-refractivity contribution is -0.119. The Balaban J connectivity index is 2.03. The lowest BCUT2D eigenvalue weighted by Gasteiger charge is -2.33. The van der Waals surface area contributed by atoms with Crippen LogP contribution in [0.3, 0.4) is 0 Å². The van der Waals surface area contributed by atoms with E-state index in [2.05, 4.69) is 41.4 Å². The molecule has 6 nitrogen and oxygen atoms in total. The summed E-state index contributed by atoms with van der Waals surface area (Å²) in [5.41, 5.74) is 0. The zero-order valence-electron chi connectivity index (χ0n) is 11.1. The first-order valence-electron chi connectivity index (χ1n) is 6.32. The van der Waals surface area contributed by atoms with E-state index in [1.807, 2.05) is 7.05 Å². The fourth-order valence-electron chi connectivity index (χ4n) is 2.28. The molecule has 0 unspecified atom stereocenters. The zero-order valence-corrected chi connectivity index (χ0v) is 12.7. The van der Waals surface area contributed by atoms with E-state index in [0.717, 1.165) is 42.0 Å². The van der Waals surface area contributed by atoms with E-state index in [4.69, 9.17) is 0 Å². The number of carbonyl (C=O) groups excluding carboxylic acids is 1. The van der Waals surface area contributed by atoms with Crippen molar-refractivity contribution in [2.75, 3.05) is 30.4 Å². The highest BCUT2D eigenvalue weighted by atomic mass is 79.9. The van der Waals surface area contributed by atoms with Crippen molar-refractivity contribution in [2.45, 2.75) is 25.8 Å². The third kappa shape index (κ3) is 3.34. The Morgan fingerprint density at radius 2 is 2.11 bits per heavy atom. The topological polar surface area (TPSA) is 70.2 Å². The van der Waals surface area contributed by atoms with Gasteiger partial charge in [0.1, 0.15) is 22.4 Å². The van der Waals surface area contributed by atoms with Crippen LogP contribution in [0.1, 0.15) is 19.8 Å². The molecular weight excluding hydrogens is 310 g/mol. The average Bonchev–Trinajstić information content (AvgIpc) is 2.39. The standard InChI is InChI=1S/C12H18BrN5O/c1-8(19)17-9-3-5-18(6-4-9)12-10(13)11(14-2)15-7-16-12/h7,9H,3-6H2,1-2H3,(H,17,19)(H,14,15,16). The third-order valence-electron chi connectivity index (χ3n) is 3.21. The molecule has 0 spiro atoms. The van der Waals surface area contributed by atoms with E-state index in [9.17, 15) is 4.79 Å². The molecule has 1 aromatic heterocycles. The highest BCUT2D eigenvalue weighted by molar-refractivity contribution is 9.10. The van der Waals surface area contributed by atoms with Crippen molar-refractivity contribution < 1.29 is 4.79 Å². The lowest BCUT2D eigenvalue weighted by atomic mass is 10.1. The van der Waals surface area contributed by atoms with Gasteiger partial charge < -0.3 is 15.5 Å². The molecule has 0 aromatic carbocycles. The van der Waals surface area contributed by atoms with Crippen molar-refractivity contribution in [3.05, 3.63) is 10.8 Å². The van der Waals surface area contributed by atoms with Gasteiger partial charge in [0.15, 0.2) is 0 Å². The molecule has 0 aliphatic carbocycles. The largest absolute Gasteiger partial charge is 0.372 e. The summed E-state index contributed by atoms with van der Waals surface area (Å²) >= 11 is 3.53. The molecule has 104 valence electrons. The van der Waals surface area contributed by atoms with Crippen LogP contribution in [0.4, 0.5) is 11.6 Å². The Kier molecular flexibility index (Phi) is 4.57. The number of hydrogen-bond acceptors (Lipinski definition) is 5. The molecule has 0 saturated carbocycles. The van der Waals surface area contributed by atoms with Crippen LogP contribution in [0.15, 0.2) is 10.8 Å². The van der Waals surface area contributed by atoms with Crippen molar-refractivity contribution >= 4 is 33.5 Å². The summed E-state index contributed by atoms with van der Waals surface area (Å²) in [6.07, 6.45) is 3.43. The molecule has 1 amide bonds. The van der Waals surface area contributed by atoms with Gasteiger partial charge >= 0.3 is 0 Å². The van der Waals surface area contributed by atoms with E-state index in [1.54, 1.807) is 13.3 Å². The molecule has 2 N–H and O–H groups in total. The third-order valence-corrected chi connectivity index (χ3v) is 3.94. The average molecular weight is 328 g/mol. The summed E-state index contributed by atoms with van der Waals surface area (Å²) in [6.45, 7) is 3.32. The fraction of sp³-hybridized carbons (Fsp3) is 0.583. The van der Waals surface area contributed by atoms with E-state index in [0.29, 0.717) is 0 Å². The molecule has 2 rings (SSSR count). The number of rotatable bonds is 3. The van der Waals surface area contributed by atoms with Crippen molar-refractivity contribution in [3.8, 4) is 0 Å². The van der Waals surface area contributed by atoms with Gasteiger partial charge in [0.25, 0.3) is 0 Å². The summed E-state index contributed by atoms with van der Waals surface area (Å²) in [4.78, 5) is 21.7. The molecule has 1 aliphatic heterocycles. The summed E-state index contributed by atoms with van der Waals surface area (Å²) < 4.78 is 0.885. The van der Waals surface area contributed by atoms with Crippen molar-refractivity contribution in [2.24, 2.45) is 0 Å². The van der Waals surface area contributed by atoms with Crippen LogP contribution in [-0.4, -0.2) is 42.1 Å². The molecule has 1 aliphatic rings. The number of aromatic nitrogens is 2. The molecule has 0 bridgehead atoms. The summed E-state index contributed by atoms with van der Waals surface area (Å²) in [6, 6.07) is 0.276. The van der Waals surface area contributed by atoms with Crippen molar-refractivity contribution in [1.29, 1.82) is 0 Å². The van der Waals surface area contributed by atoms with Gasteiger partial charge in [-0.05, 0) is 28.8 Å². The van der Waals surface area contributed by atoms with E-state index < -0.39 is 0 Å². The van der Waals surface area contributed by atoms with Crippen LogP contribution in [0.25, 0.3) is 0 Å². The second-order valence-corrected chi connectivity index (χ2v) is 5.36. The summed E-state index contributed by atoms with van der Waals surface area (Å²) in [5.74, 6) is 1.73. The normalized spacial score (nSPS) is 16.3. The summed E-state index contributed by atoms with van der Waals surface area (Å²) in [7, 11) is 1.83. The Morgan fingerprint density at radius 3 is 2.68 bits per heavy atom. The van der Waals surface area contributed by atoms with E-state index in [-0.39, 0.29) is 11.9 Å². The molecular formula is C12H18BrN5O. The smallest absolute Gasteiger partial charge is 0.217 e. The second kappa shape index (κ2) is 6.18. The quantitative estimate of drug-likeness (QED) is 0.877. The predicted octanol–water partition coefficient (Wildman–Crippen LogP) is 1.39. The Hall–Kier alpha value is -1.37. The summed E-state index contributed by atoms with van der Waals surface area (Å²) in [5, 5.41) is 6.00. The highest BCUT2D eigenvalue weighted by Gasteiger charge is 2.22. The maximum atomic E-state index is 11.0. The van der Waals surface area contributed by atoms with Crippen LogP contribution in [0.5, 0.6) is 0 Å². The van der Waals surface area contributed by atoms with Crippen LogP contribution < -0.4 is 15.5 Å². The number of nitrogens with one attached hydrogen (secondary N) is 2. The Bertz CT molecular complexity index is 459. The number of piperidine rings is 1. The number of carbonyl (C=O) groups is 1. The van der Waals surface area contributed by atoms with E-state index in [1.165, 1.54) is 0 Å². The Morgan fingerprint density at radius 1 is 1.42 bits per heavy atom. The zero-order chi connectivity index (χ0) is 13.8. The Labute approximate surface area is 121 Å². The predicted molar refractivity (Wildman–Crippen MR) is 78.3 cm³/mol. The highest BCUT2D eigenvalue weighted by Crippen LogP contribution is 2.30. The lowest BCUT2D eigenvalue weighted by Crippen LogP contribution is -2.44. The van der Waals surface area contributed by atoms with Gasteiger partial charge in [-0.2, -0.15) is 0 Å². The number of nitrogens with zero attached hydrogens (tertiary/aromatic N) is 3. The number of hydrogen-bond donors (Lipinski definition) is 2. The van der Waals surface area contributed by atoms with Gasteiger partial charge in [-0.1, -0.05) is 0 Å². The van der Waals surface area contributed by atoms with E-state index >= 15 is 0 Å². The second-order valence-electron chi connectivity index (χ2n) is 4.57. The molecule has 0 radical (unpaired) electrons. The number of halogens is 1. The maximum absolute atomic E-state index is 11.0. The van der Waals surface area contributed by atoms with Gasteiger partial charge in [0.2, 0.25) is 5.91 Å². The first-order valence-corrected chi connectivity index (χ1v) is 7.11. The van der Waals surface area contributed by atoms with Gasteiger partial charge in [-0.3, -0.25) is 4.79 Å². The first-order chi connectivity index (χ1) is 9.11. The van der Waals surface area contributed by atoms with Crippen LogP contribution >= 0.6 is 15.9 Å². The molecule has 1 fully saturated rings. The maximum Gasteiger partial charge on any atom is 0.217 e. The van der Waals surface area contributed by atoms with Gasteiger partial charge in [0.05, 0.1) is 0 Å². The molecule has 1 aromatic rings. The molecule has 7 heteroatoms. The van der Waals surface area contributed by atoms with Gasteiger partial charge in [0, 0.05) is 33.1 Å². The minimum Gasteiger partial charge on any atom is -0.372 e. The monoisotopic (exact) mass is 327 g/mol. The SMILES string of the molecule is CNc1ncnc(N2CCC(NC(C)=O)CC2)c1Br. The van der Waals surface area contributed by atoms with Crippen LogP contribution in [0.2, 0.25) is 0 Å². The molecule has 19 heavy (non-hydrogen) atoms. The van der Waals surface area contributed by atoms with Crippen molar-refractivity contribution in [1.82, 2.24) is 15.3 Å². The minimum absolute atomic E-state index is 0.0409. The van der Waals surface area contributed by atoms with Crippen LogP contribution in [-0.2, 0) is 4.79 Å². The van der Waals surface area contributed by atoms with Gasteiger partial charge in [-0.25, -0.2) is 9.97 Å². The number of amides is 1. The molecule has 1 saturated heterocycles. The first kappa shape index (κ1) is 14.0. The minimum atomic E-state index is 0.0409. The molecule has 0 atom stereocenters. The molecule has 2 heterocycles. The van der Waals surface area contributed by atoms with Gasteiger partial charge in [-0.15, -0.1) is 0 Å².